The van der Waals surface area contributed by atoms with E-state index in [-0.39, 0.29) is 12.2 Å². The molecule has 4 heteroatoms. The number of hydrogen-bond acceptors (Lipinski definition) is 3. The average molecular weight is 208 g/mol. The molecule has 0 fully saturated rings. The van der Waals surface area contributed by atoms with Crippen LogP contribution in [0.5, 0.6) is 0 Å². The molecular formula is C11H12O4. The maximum absolute atomic E-state index is 11.6. The van der Waals surface area contributed by atoms with E-state index in [2.05, 4.69) is 0 Å². The summed E-state index contributed by atoms with van der Waals surface area (Å²) in [6.45, 7) is 1.93. The van der Waals surface area contributed by atoms with Crippen molar-refractivity contribution in [3.05, 3.63) is 23.2 Å². The van der Waals surface area contributed by atoms with Crippen molar-refractivity contribution < 1.29 is 19.1 Å². The number of aryl methyl sites for hydroxylation is 1. The third-order valence-electron chi connectivity index (χ3n) is 2.72. The lowest BCUT2D eigenvalue weighted by atomic mass is 9.87. The molecule has 0 radical (unpaired) electrons. The third kappa shape index (κ3) is 1.67. The summed E-state index contributed by atoms with van der Waals surface area (Å²) >= 11 is 0. The van der Waals surface area contributed by atoms with Crippen LogP contribution in [-0.4, -0.2) is 16.9 Å². The third-order valence-corrected chi connectivity index (χ3v) is 2.72. The van der Waals surface area contributed by atoms with Gasteiger partial charge in [-0.05, 0) is 6.07 Å². The Morgan fingerprint density at radius 2 is 2.33 bits per heavy atom. The van der Waals surface area contributed by atoms with Crippen molar-refractivity contribution in [2.45, 2.75) is 26.2 Å². The molecule has 1 N–H and O–H groups in total. The van der Waals surface area contributed by atoms with Crippen molar-refractivity contribution in [3.63, 3.8) is 0 Å². The summed E-state index contributed by atoms with van der Waals surface area (Å²) in [4.78, 5) is 22.4. The van der Waals surface area contributed by atoms with E-state index in [9.17, 15) is 9.59 Å². The minimum atomic E-state index is -0.927. The maximum atomic E-state index is 11.6. The van der Waals surface area contributed by atoms with Gasteiger partial charge >= 0.3 is 5.97 Å². The van der Waals surface area contributed by atoms with Crippen LogP contribution in [0.2, 0.25) is 0 Å². The second-order valence-electron chi connectivity index (χ2n) is 3.77. The van der Waals surface area contributed by atoms with E-state index in [1.54, 1.807) is 6.07 Å². The van der Waals surface area contributed by atoms with Gasteiger partial charge in [0, 0.05) is 19.3 Å². The number of furan rings is 1. The zero-order chi connectivity index (χ0) is 11.0. The summed E-state index contributed by atoms with van der Waals surface area (Å²) in [5, 5.41) is 8.85. The highest BCUT2D eigenvalue weighted by Crippen LogP contribution is 2.28. The van der Waals surface area contributed by atoms with E-state index in [4.69, 9.17) is 9.52 Å². The first-order chi connectivity index (χ1) is 7.11. The van der Waals surface area contributed by atoms with E-state index in [0.717, 1.165) is 12.2 Å². The molecule has 15 heavy (non-hydrogen) atoms. The number of aliphatic carboxylic acids is 1. The maximum Gasteiger partial charge on any atom is 0.307 e. The van der Waals surface area contributed by atoms with Gasteiger partial charge < -0.3 is 9.52 Å². The molecule has 0 amide bonds. The van der Waals surface area contributed by atoms with E-state index in [1.807, 2.05) is 6.92 Å². The average Bonchev–Trinajstić information content (AvgIpc) is 2.61. The summed E-state index contributed by atoms with van der Waals surface area (Å²) in [6, 6.07) is 1.73. The minimum Gasteiger partial charge on any atom is -0.481 e. The molecule has 1 aromatic rings. The number of hydrogen-bond donors (Lipinski definition) is 1. The van der Waals surface area contributed by atoms with Gasteiger partial charge in [-0.2, -0.15) is 0 Å². The predicted molar refractivity (Wildman–Crippen MR) is 51.9 cm³/mol. The monoisotopic (exact) mass is 208 g/mol. The van der Waals surface area contributed by atoms with Crippen LogP contribution < -0.4 is 0 Å². The molecule has 80 valence electrons. The van der Waals surface area contributed by atoms with Crippen molar-refractivity contribution in [2.75, 3.05) is 0 Å². The number of carboxylic acid groups (broad SMARTS) is 1. The quantitative estimate of drug-likeness (QED) is 0.802. The number of fused-ring (bicyclic) bond motifs is 1. The number of Topliss-reactive ketones (excluding diaryl/α,β-unsaturated/α-hetero) is 1. The summed E-state index contributed by atoms with van der Waals surface area (Å²) in [5.41, 5.74) is 0.573. The Morgan fingerprint density at radius 1 is 1.60 bits per heavy atom. The highest BCUT2D eigenvalue weighted by atomic mass is 16.4. The molecular weight excluding hydrogens is 196 g/mol. The molecule has 2 rings (SSSR count). The van der Waals surface area contributed by atoms with Gasteiger partial charge in [-0.25, -0.2) is 0 Å². The second kappa shape index (κ2) is 3.53. The molecule has 4 nitrogen and oxygen atoms in total. The van der Waals surface area contributed by atoms with Gasteiger partial charge in [-0.1, -0.05) is 6.92 Å². The first kappa shape index (κ1) is 9.96. The SMILES string of the molecule is CCc1cc2c(o1)CC(C(=O)O)CC2=O. The molecule has 0 spiro atoms. The Bertz CT molecular complexity index is 416. The van der Waals surface area contributed by atoms with Crippen LogP contribution in [0.25, 0.3) is 0 Å². The zero-order valence-corrected chi connectivity index (χ0v) is 8.45. The lowest BCUT2D eigenvalue weighted by molar-refractivity contribution is -0.141. The fourth-order valence-electron chi connectivity index (χ4n) is 1.85. The van der Waals surface area contributed by atoms with Crippen LogP contribution in [0.1, 0.15) is 35.2 Å². The Hall–Kier alpha value is -1.58. The fourth-order valence-corrected chi connectivity index (χ4v) is 1.85. The molecule has 1 aromatic heterocycles. The van der Waals surface area contributed by atoms with Gasteiger partial charge in [0.1, 0.15) is 11.5 Å². The van der Waals surface area contributed by atoms with Crippen LogP contribution in [0.3, 0.4) is 0 Å². The highest BCUT2D eigenvalue weighted by Gasteiger charge is 2.32. The Morgan fingerprint density at radius 3 is 2.93 bits per heavy atom. The van der Waals surface area contributed by atoms with E-state index in [1.165, 1.54) is 0 Å². The predicted octanol–water partition coefficient (Wildman–Crippen LogP) is 1.67. The van der Waals surface area contributed by atoms with Crippen molar-refractivity contribution >= 4 is 11.8 Å². The van der Waals surface area contributed by atoms with E-state index in [0.29, 0.717) is 17.7 Å². The van der Waals surface area contributed by atoms with Crippen LogP contribution in [0, 0.1) is 5.92 Å². The van der Waals surface area contributed by atoms with Gasteiger partial charge in [0.25, 0.3) is 0 Å². The summed E-state index contributed by atoms with van der Waals surface area (Å²) in [5.74, 6) is -0.383. The molecule has 0 bridgehead atoms. The lowest BCUT2D eigenvalue weighted by Gasteiger charge is -2.15. The van der Waals surface area contributed by atoms with E-state index >= 15 is 0 Å². The number of rotatable bonds is 2. The molecule has 1 aliphatic rings. The highest BCUT2D eigenvalue weighted by molar-refractivity contribution is 6.00. The number of ketones is 1. The first-order valence-electron chi connectivity index (χ1n) is 4.99. The van der Waals surface area contributed by atoms with Gasteiger partial charge in [0.15, 0.2) is 5.78 Å². The molecule has 0 saturated carbocycles. The molecule has 1 atom stereocenters. The topological polar surface area (TPSA) is 67.5 Å². The fraction of sp³-hybridized carbons (Fsp3) is 0.455. The van der Waals surface area contributed by atoms with Gasteiger partial charge in [-0.3, -0.25) is 9.59 Å². The minimum absolute atomic E-state index is 0.0883. The molecule has 0 saturated heterocycles. The molecule has 1 heterocycles. The second-order valence-corrected chi connectivity index (χ2v) is 3.77. The van der Waals surface area contributed by atoms with E-state index < -0.39 is 11.9 Å². The van der Waals surface area contributed by atoms with Crippen LogP contribution in [0.15, 0.2) is 10.5 Å². The largest absolute Gasteiger partial charge is 0.481 e. The first-order valence-corrected chi connectivity index (χ1v) is 4.99. The smallest absolute Gasteiger partial charge is 0.307 e. The Kier molecular flexibility index (Phi) is 2.34. The molecule has 0 aromatic carbocycles. The van der Waals surface area contributed by atoms with Crippen LogP contribution in [0.4, 0.5) is 0 Å². The van der Waals surface area contributed by atoms with Crippen molar-refractivity contribution in [3.8, 4) is 0 Å². The van der Waals surface area contributed by atoms with Crippen molar-refractivity contribution in [2.24, 2.45) is 5.92 Å². The number of carbonyl (C=O) groups excluding carboxylic acids is 1. The van der Waals surface area contributed by atoms with Crippen LogP contribution >= 0.6 is 0 Å². The Balaban J connectivity index is 2.34. The zero-order valence-electron chi connectivity index (χ0n) is 8.45. The van der Waals surface area contributed by atoms with Crippen molar-refractivity contribution in [1.82, 2.24) is 0 Å². The molecule has 1 unspecified atom stereocenters. The lowest BCUT2D eigenvalue weighted by Crippen LogP contribution is -2.25. The summed E-state index contributed by atoms with van der Waals surface area (Å²) < 4.78 is 5.42. The van der Waals surface area contributed by atoms with Gasteiger partial charge in [0.2, 0.25) is 0 Å². The number of carbonyl (C=O) groups is 2. The van der Waals surface area contributed by atoms with Gasteiger partial charge in [-0.15, -0.1) is 0 Å². The summed E-state index contributed by atoms with van der Waals surface area (Å²) in [6.07, 6.45) is 1.14. The Labute approximate surface area is 86.9 Å². The van der Waals surface area contributed by atoms with Crippen LogP contribution in [-0.2, 0) is 17.6 Å². The normalized spacial score (nSPS) is 20.1. The molecule has 1 aliphatic carbocycles. The standard InChI is InChI=1S/C11H12O4/c1-2-7-5-8-9(12)3-6(11(13)14)4-10(8)15-7/h5-6H,2-4H2,1H3,(H,13,14). The van der Waals surface area contributed by atoms with Crippen molar-refractivity contribution in [1.29, 1.82) is 0 Å². The molecule has 0 aliphatic heterocycles. The number of carboxylic acids is 1. The van der Waals surface area contributed by atoms with Gasteiger partial charge in [0.05, 0.1) is 11.5 Å². The summed E-state index contributed by atoms with van der Waals surface area (Å²) in [7, 11) is 0.